The SMILES string of the molecule is CCCCCCCC1CCC(C(CCO)C2CCC(CCCCCC)CC2)CC1. The van der Waals surface area contributed by atoms with Gasteiger partial charge in [0.25, 0.3) is 0 Å². The summed E-state index contributed by atoms with van der Waals surface area (Å²) in [5.74, 6) is 4.70. The largest absolute Gasteiger partial charge is 0.396 e. The average Bonchev–Trinajstić information content (AvgIpc) is 2.76. The average molecular weight is 407 g/mol. The van der Waals surface area contributed by atoms with Crippen molar-refractivity contribution in [2.75, 3.05) is 6.61 Å². The van der Waals surface area contributed by atoms with Gasteiger partial charge in [0.05, 0.1) is 0 Å². The van der Waals surface area contributed by atoms with Gasteiger partial charge in [-0.1, -0.05) is 110 Å². The molecule has 0 aromatic heterocycles. The maximum absolute atomic E-state index is 9.76. The molecular weight excluding hydrogens is 352 g/mol. The van der Waals surface area contributed by atoms with E-state index in [9.17, 15) is 5.11 Å². The fraction of sp³-hybridized carbons (Fsp3) is 1.00. The molecule has 2 aliphatic carbocycles. The second-order valence-corrected chi connectivity index (χ2v) is 10.8. The van der Waals surface area contributed by atoms with Crippen LogP contribution in [-0.4, -0.2) is 11.7 Å². The van der Waals surface area contributed by atoms with Crippen LogP contribution in [0.2, 0.25) is 0 Å². The molecule has 2 rings (SSSR count). The van der Waals surface area contributed by atoms with E-state index in [-0.39, 0.29) is 0 Å². The lowest BCUT2D eigenvalue weighted by Gasteiger charge is -2.41. The zero-order chi connectivity index (χ0) is 20.7. The Balaban J connectivity index is 1.67. The van der Waals surface area contributed by atoms with Gasteiger partial charge in [-0.2, -0.15) is 0 Å². The van der Waals surface area contributed by atoms with Crippen LogP contribution in [0.25, 0.3) is 0 Å². The highest BCUT2D eigenvalue weighted by Gasteiger charge is 2.34. The van der Waals surface area contributed by atoms with E-state index >= 15 is 0 Å². The summed E-state index contributed by atoms with van der Waals surface area (Å²) in [5, 5.41) is 9.76. The van der Waals surface area contributed by atoms with Crippen molar-refractivity contribution in [3.05, 3.63) is 0 Å². The fourth-order valence-corrected chi connectivity index (χ4v) is 6.71. The van der Waals surface area contributed by atoms with Crippen molar-refractivity contribution >= 4 is 0 Å². The summed E-state index contributed by atoms with van der Waals surface area (Å²) in [7, 11) is 0. The molecule has 0 aromatic carbocycles. The third-order valence-electron chi connectivity index (χ3n) is 8.64. The lowest BCUT2D eigenvalue weighted by molar-refractivity contribution is 0.0853. The van der Waals surface area contributed by atoms with Gasteiger partial charge in [0, 0.05) is 6.61 Å². The minimum Gasteiger partial charge on any atom is -0.396 e. The Morgan fingerprint density at radius 2 is 1.00 bits per heavy atom. The van der Waals surface area contributed by atoms with E-state index in [0.29, 0.717) is 6.61 Å². The number of aliphatic hydroxyl groups excluding tert-OH is 1. The van der Waals surface area contributed by atoms with Crippen molar-refractivity contribution in [2.45, 2.75) is 142 Å². The van der Waals surface area contributed by atoms with Crippen LogP contribution in [0.1, 0.15) is 142 Å². The molecule has 1 unspecified atom stereocenters. The molecule has 2 saturated carbocycles. The van der Waals surface area contributed by atoms with Gasteiger partial charge in [0.15, 0.2) is 0 Å². The second-order valence-electron chi connectivity index (χ2n) is 10.8. The topological polar surface area (TPSA) is 20.2 Å². The van der Waals surface area contributed by atoms with Crippen molar-refractivity contribution in [3.8, 4) is 0 Å². The van der Waals surface area contributed by atoms with E-state index in [0.717, 1.165) is 36.0 Å². The van der Waals surface area contributed by atoms with Crippen LogP contribution < -0.4 is 0 Å². The number of unbranched alkanes of at least 4 members (excludes halogenated alkanes) is 7. The molecule has 0 aromatic rings. The smallest absolute Gasteiger partial charge is 0.0433 e. The Labute approximate surface area is 183 Å². The Morgan fingerprint density at radius 1 is 0.586 bits per heavy atom. The third kappa shape index (κ3) is 9.75. The zero-order valence-electron chi connectivity index (χ0n) is 20.2. The van der Waals surface area contributed by atoms with E-state index in [1.165, 1.54) is 122 Å². The molecule has 29 heavy (non-hydrogen) atoms. The third-order valence-corrected chi connectivity index (χ3v) is 8.64. The Morgan fingerprint density at radius 3 is 1.41 bits per heavy atom. The van der Waals surface area contributed by atoms with Gasteiger partial charge in [-0.25, -0.2) is 0 Å². The van der Waals surface area contributed by atoms with Gasteiger partial charge >= 0.3 is 0 Å². The van der Waals surface area contributed by atoms with E-state index in [1.807, 2.05) is 0 Å². The van der Waals surface area contributed by atoms with Crippen LogP contribution in [0.5, 0.6) is 0 Å². The van der Waals surface area contributed by atoms with E-state index in [1.54, 1.807) is 0 Å². The predicted octanol–water partition coefficient (Wildman–Crippen LogP) is 8.93. The molecular formula is C28H54O. The predicted molar refractivity (Wildman–Crippen MR) is 128 cm³/mol. The molecule has 0 spiro atoms. The molecule has 0 bridgehead atoms. The molecule has 1 heteroatoms. The number of hydrogen-bond acceptors (Lipinski definition) is 1. The fourth-order valence-electron chi connectivity index (χ4n) is 6.71. The summed E-state index contributed by atoms with van der Waals surface area (Å²) in [5.41, 5.74) is 0. The quantitative estimate of drug-likeness (QED) is 0.269. The van der Waals surface area contributed by atoms with Crippen LogP contribution in [-0.2, 0) is 0 Å². The molecule has 1 atom stereocenters. The summed E-state index contributed by atoms with van der Waals surface area (Å²) in [6, 6.07) is 0. The maximum atomic E-state index is 9.76. The van der Waals surface area contributed by atoms with Crippen molar-refractivity contribution < 1.29 is 5.11 Å². The highest BCUT2D eigenvalue weighted by Crippen LogP contribution is 2.45. The number of aliphatic hydroxyl groups is 1. The highest BCUT2D eigenvalue weighted by molar-refractivity contribution is 4.85. The zero-order valence-corrected chi connectivity index (χ0v) is 20.2. The number of rotatable bonds is 15. The van der Waals surface area contributed by atoms with Crippen molar-refractivity contribution in [2.24, 2.45) is 29.6 Å². The van der Waals surface area contributed by atoms with Crippen LogP contribution in [0.15, 0.2) is 0 Å². The molecule has 0 radical (unpaired) electrons. The van der Waals surface area contributed by atoms with Gasteiger partial charge in [-0.3, -0.25) is 0 Å². The van der Waals surface area contributed by atoms with Crippen LogP contribution in [0.3, 0.4) is 0 Å². The van der Waals surface area contributed by atoms with E-state index in [4.69, 9.17) is 0 Å². The summed E-state index contributed by atoms with van der Waals surface area (Å²) >= 11 is 0. The van der Waals surface area contributed by atoms with Gasteiger partial charge in [-0.05, 0) is 61.7 Å². The Bertz CT molecular complexity index is 363. The summed E-state index contributed by atoms with van der Waals surface area (Å²) in [4.78, 5) is 0. The standard InChI is InChI=1S/C28H54O/c1-3-5-7-9-11-13-25-16-20-27(21-17-25)28(22-23-29)26-18-14-24(15-19-26)12-10-8-6-4-2/h24-29H,3-23H2,1-2H3. The maximum Gasteiger partial charge on any atom is 0.0433 e. The first-order valence-corrected chi connectivity index (χ1v) is 13.9. The van der Waals surface area contributed by atoms with Crippen molar-refractivity contribution in [3.63, 3.8) is 0 Å². The lowest BCUT2D eigenvalue weighted by Crippen LogP contribution is -2.31. The van der Waals surface area contributed by atoms with Crippen LogP contribution in [0.4, 0.5) is 0 Å². The summed E-state index contributed by atoms with van der Waals surface area (Å²) in [6.45, 7) is 5.04. The highest BCUT2D eigenvalue weighted by atomic mass is 16.3. The van der Waals surface area contributed by atoms with Gasteiger partial charge in [0.2, 0.25) is 0 Å². The van der Waals surface area contributed by atoms with Gasteiger partial charge < -0.3 is 5.11 Å². The molecule has 0 aliphatic heterocycles. The molecule has 0 heterocycles. The minimum absolute atomic E-state index is 0.416. The van der Waals surface area contributed by atoms with E-state index in [2.05, 4.69) is 13.8 Å². The van der Waals surface area contributed by atoms with Crippen molar-refractivity contribution in [1.82, 2.24) is 0 Å². The van der Waals surface area contributed by atoms with Crippen molar-refractivity contribution in [1.29, 1.82) is 0 Å². The Hall–Kier alpha value is -0.0400. The van der Waals surface area contributed by atoms with E-state index < -0.39 is 0 Å². The molecule has 1 nitrogen and oxygen atoms in total. The Kier molecular flexibility index (Phi) is 13.7. The normalized spacial score (nSPS) is 29.1. The monoisotopic (exact) mass is 406 g/mol. The molecule has 2 fully saturated rings. The molecule has 1 N–H and O–H groups in total. The molecule has 2 aliphatic rings. The first-order chi connectivity index (χ1) is 14.3. The summed E-state index contributed by atoms with van der Waals surface area (Å²) < 4.78 is 0. The first-order valence-electron chi connectivity index (χ1n) is 13.9. The second kappa shape index (κ2) is 15.7. The van der Waals surface area contributed by atoms with Crippen LogP contribution in [0, 0.1) is 29.6 Å². The molecule has 172 valence electrons. The lowest BCUT2D eigenvalue weighted by atomic mass is 9.65. The molecule has 0 saturated heterocycles. The van der Waals surface area contributed by atoms with Gasteiger partial charge in [-0.15, -0.1) is 0 Å². The van der Waals surface area contributed by atoms with Gasteiger partial charge in [0.1, 0.15) is 0 Å². The molecule has 0 amide bonds. The minimum atomic E-state index is 0.416. The number of hydrogen-bond donors (Lipinski definition) is 1. The van der Waals surface area contributed by atoms with Crippen LogP contribution >= 0.6 is 0 Å². The first kappa shape index (κ1) is 25.2. The summed E-state index contributed by atoms with van der Waals surface area (Å²) in [6.07, 6.45) is 28.7.